The quantitative estimate of drug-likeness (QED) is 0.450. The first-order valence-electron chi connectivity index (χ1n) is 11.8. The predicted molar refractivity (Wildman–Crippen MR) is 131 cm³/mol. The Morgan fingerprint density at radius 2 is 1.56 bits per heavy atom. The van der Waals surface area contributed by atoms with Crippen LogP contribution in [0, 0.1) is 11.3 Å². The Kier molecular flexibility index (Phi) is 8.31. The molecule has 1 unspecified atom stereocenters. The van der Waals surface area contributed by atoms with E-state index in [1.807, 2.05) is 38.1 Å². The maximum Gasteiger partial charge on any atom is 0.407 e. The van der Waals surface area contributed by atoms with Gasteiger partial charge < -0.3 is 20.5 Å². The molecule has 1 aliphatic carbocycles. The molecule has 1 aliphatic rings. The topological polar surface area (TPSA) is 105 Å². The minimum Gasteiger partial charge on any atom is -0.481 e. The molecule has 1 atom stereocenters. The lowest BCUT2D eigenvalue weighted by molar-refractivity contribution is -0.141. The number of carbonyl (C=O) groups excluding carboxylic acids is 2. The van der Waals surface area contributed by atoms with Crippen LogP contribution in [0.3, 0.4) is 0 Å². The highest BCUT2D eigenvalue weighted by Gasteiger charge is 2.29. The second-order valence-electron chi connectivity index (χ2n) is 9.71. The Bertz CT molecular complexity index is 988. The minimum absolute atomic E-state index is 0.0250. The number of nitrogens with one attached hydrogen (secondary N) is 2. The molecule has 7 nitrogen and oxygen atoms in total. The van der Waals surface area contributed by atoms with E-state index >= 15 is 0 Å². The smallest absolute Gasteiger partial charge is 0.407 e. The number of carbonyl (C=O) groups is 3. The van der Waals surface area contributed by atoms with Crippen LogP contribution in [0.25, 0.3) is 11.1 Å². The van der Waals surface area contributed by atoms with Gasteiger partial charge in [0.1, 0.15) is 6.61 Å². The number of ether oxygens (including phenoxy) is 1. The van der Waals surface area contributed by atoms with Crippen molar-refractivity contribution in [3.8, 4) is 11.1 Å². The predicted octanol–water partition coefficient (Wildman–Crippen LogP) is 4.56. The van der Waals surface area contributed by atoms with Crippen LogP contribution in [-0.4, -0.2) is 42.8 Å². The molecule has 0 spiro atoms. The Morgan fingerprint density at radius 1 is 0.971 bits per heavy atom. The van der Waals surface area contributed by atoms with Gasteiger partial charge >= 0.3 is 12.1 Å². The average Bonchev–Trinajstić information content (AvgIpc) is 3.13. The number of aliphatic carboxylic acids is 1. The van der Waals surface area contributed by atoms with Crippen LogP contribution in [-0.2, 0) is 14.3 Å². The molecule has 2 amide bonds. The van der Waals surface area contributed by atoms with E-state index in [1.165, 1.54) is 22.3 Å². The lowest BCUT2D eigenvalue weighted by Crippen LogP contribution is -2.33. The molecule has 0 bridgehead atoms. The Hall–Kier alpha value is -3.35. The molecule has 34 heavy (non-hydrogen) atoms. The molecule has 2 aromatic carbocycles. The first kappa shape index (κ1) is 25.3. The van der Waals surface area contributed by atoms with Crippen LogP contribution in [0.1, 0.15) is 57.1 Å². The van der Waals surface area contributed by atoms with E-state index in [4.69, 9.17) is 9.84 Å². The SMILES string of the molecule is CC(CNC(=O)CCC(C)(C)CCNC(=O)OCC1c2ccccc2-c2ccccc21)C(=O)O. The average molecular weight is 467 g/mol. The number of amides is 2. The summed E-state index contributed by atoms with van der Waals surface area (Å²) in [6, 6.07) is 16.4. The number of carboxylic acid groups (broad SMARTS) is 1. The zero-order chi connectivity index (χ0) is 24.7. The largest absolute Gasteiger partial charge is 0.481 e. The number of benzene rings is 2. The van der Waals surface area contributed by atoms with Crippen molar-refractivity contribution in [2.75, 3.05) is 19.7 Å². The van der Waals surface area contributed by atoms with Crippen LogP contribution in [0.2, 0.25) is 0 Å². The van der Waals surface area contributed by atoms with Gasteiger partial charge in [0, 0.05) is 25.4 Å². The third-order valence-electron chi connectivity index (χ3n) is 6.47. The van der Waals surface area contributed by atoms with E-state index in [-0.39, 0.29) is 30.4 Å². The van der Waals surface area contributed by atoms with Gasteiger partial charge in [-0.15, -0.1) is 0 Å². The van der Waals surface area contributed by atoms with E-state index in [0.717, 1.165) is 0 Å². The minimum atomic E-state index is -0.931. The van der Waals surface area contributed by atoms with Crippen molar-refractivity contribution >= 4 is 18.0 Å². The van der Waals surface area contributed by atoms with Gasteiger partial charge in [-0.25, -0.2) is 4.79 Å². The van der Waals surface area contributed by atoms with E-state index in [0.29, 0.717) is 25.8 Å². The van der Waals surface area contributed by atoms with E-state index in [9.17, 15) is 14.4 Å². The maximum absolute atomic E-state index is 12.3. The standard InChI is InChI=1S/C27H34N2O5/c1-18(25(31)32)16-29-24(30)12-13-27(2,3)14-15-28-26(33)34-17-23-21-10-6-4-8-19(21)20-9-5-7-11-22(20)23/h4-11,18,23H,12-17H2,1-3H3,(H,28,33)(H,29,30)(H,31,32). The highest BCUT2D eigenvalue weighted by molar-refractivity contribution is 5.79. The van der Waals surface area contributed by atoms with Crippen LogP contribution in [0.15, 0.2) is 48.5 Å². The monoisotopic (exact) mass is 466 g/mol. The number of carboxylic acids is 1. The van der Waals surface area contributed by atoms with Gasteiger partial charge in [0.25, 0.3) is 0 Å². The number of alkyl carbamates (subject to hydrolysis) is 1. The molecule has 3 N–H and O–H groups in total. The van der Waals surface area contributed by atoms with E-state index in [1.54, 1.807) is 6.92 Å². The summed E-state index contributed by atoms with van der Waals surface area (Å²) >= 11 is 0. The fraction of sp³-hybridized carbons (Fsp3) is 0.444. The molecule has 0 fully saturated rings. The molecule has 3 rings (SSSR count). The molecule has 182 valence electrons. The van der Waals surface area contributed by atoms with Gasteiger partial charge in [-0.1, -0.05) is 69.3 Å². The van der Waals surface area contributed by atoms with E-state index < -0.39 is 18.0 Å². The normalized spacial score (nSPS) is 13.5. The molecular weight excluding hydrogens is 432 g/mol. The first-order valence-corrected chi connectivity index (χ1v) is 11.8. The molecule has 2 aromatic rings. The zero-order valence-electron chi connectivity index (χ0n) is 20.1. The van der Waals surface area contributed by atoms with Crippen LogP contribution in [0.4, 0.5) is 4.79 Å². The number of fused-ring (bicyclic) bond motifs is 3. The summed E-state index contributed by atoms with van der Waals surface area (Å²) in [6.45, 7) is 6.48. The Morgan fingerprint density at radius 3 is 2.15 bits per heavy atom. The van der Waals surface area contributed by atoms with Crippen molar-refractivity contribution in [1.82, 2.24) is 10.6 Å². The molecule has 0 heterocycles. The van der Waals surface area contributed by atoms with E-state index in [2.05, 4.69) is 34.9 Å². The van der Waals surface area contributed by atoms with Crippen molar-refractivity contribution in [3.63, 3.8) is 0 Å². The zero-order valence-corrected chi connectivity index (χ0v) is 20.1. The van der Waals surface area contributed by atoms with Crippen molar-refractivity contribution in [2.24, 2.45) is 11.3 Å². The third kappa shape index (κ3) is 6.59. The fourth-order valence-corrected chi connectivity index (χ4v) is 4.17. The van der Waals surface area contributed by atoms with Crippen molar-refractivity contribution < 1.29 is 24.2 Å². The van der Waals surface area contributed by atoms with Gasteiger partial charge in [0.15, 0.2) is 0 Å². The second kappa shape index (κ2) is 11.2. The number of hydrogen-bond acceptors (Lipinski definition) is 4. The van der Waals surface area contributed by atoms with Crippen LogP contribution in [0.5, 0.6) is 0 Å². The molecular formula is C27H34N2O5. The lowest BCUT2D eigenvalue weighted by atomic mass is 9.84. The molecule has 0 saturated heterocycles. The Labute approximate surface area is 200 Å². The highest BCUT2D eigenvalue weighted by Crippen LogP contribution is 2.44. The lowest BCUT2D eigenvalue weighted by Gasteiger charge is -2.24. The van der Waals surface area contributed by atoms with Gasteiger partial charge in [0.05, 0.1) is 5.92 Å². The third-order valence-corrected chi connectivity index (χ3v) is 6.47. The summed E-state index contributed by atoms with van der Waals surface area (Å²) in [7, 11) is 0. The fourth-order valence-electron chi connectivity index (χ4n) is 4.17. The van der Waals surface area contributed by atoms with Crippen LogP contribution < -0.4 is 10.6 Å². The van der Waals surface area contributed by atoms with Crippen LogP contribution >= 0.6 is 0 Å². The molecule has 0 radical (unpaired) electrons. The highest BCUT2D eigenvalue weighted by atomic mass is 16.5. The van der Waals surface area contributed by atoms with Gasteiger partial charge in [-0.05, 0) is 40.5 Å². The van der Waals surface area contributed by atoms with Crippen molar-refractivity contribution in [3.05, 3.63) is 59.7 Å². The molecule has 0 saturated carbocycles. The molecule has 7 heteroatoms. The number of rotatable bonds is 11. The van der Waals surface area contributed by atoms with Crippen molar-refractivity contribution in [2.45, 2.75) is 46.0 Å². The summed E-state index contributed by atoms with van der Waals surface area (Å²) in [6.07, 6.45) is 1.19. The molecule has 0 aromatic heterocycles. The first-order chi connectivity index (χ1) is 16.2. The van der Waals surface area contributed by atoms with Gasteiger partial charge in [-0.2, -0.15) is 0 Å². The second-order valence-corrected chi connectivity index (χ2v) is 9.71. The maximum atomic E-state index is 12.3. The number of hydrogen-bond donors (Lipinski definition) is 3. The molecule has 0 aliphatic heterocycles. The van der Waals surface area contributed by atoms with Gasteiger partial charge in [0.2, 0.25) is 5.91 Å². The van der Waals surface area contributed by atoms with Crippen molar-refractivity contribution in [1.29, 1.82) is 0 Å². The summed E-state index contributed by atoms with van der Waals surface area (Å²) in [5.41, 5.74) is 4.57. The summed E-state index contributed by atoms with van der Waals surface area (Å²) in [5.74, 6) is -1.68. The van der Waals surface area contributed by atoms with Gasteiger partial charge in [-0.3, -0.25) is 9.59 Å². The Balaban J connectivity index is 1.40. The summed E-state index contributed by atoms with van der Waals surface area (Å²) in [5, 5.41) is 14.4. The summed E-state index contributed by atoms with van der Waals surface area (Å²) < 4.78 is 5.56. The summed E-state index contributed by atoms with van der Waals surface area (Å²) in [4.78, 5) is 35.2.